The van der Waals surface area contributed by atoms with Gasteiger partial charge in [-0.2, -0.15) is 0 Å². The molecule has 0 aromatic carbocycles. The van der Waals surface area contributed by atoms with Crippen molar-refractivity contribution in [1.29, 1.82) is 0 Å². The largest absolute Gasteiger partial charge is 0.308 e. The van der Waals surface area contributed by atoms with Crippen LogP contribution in [0, 0.1) is 5.92 Å². The van der Waals surface area contributed by atoms with E-state index in [-0.39, 0.29) is 0 Å². The van der Waals surface area contributed by atoms with Crippen molar-refractivity contribution >= 4 is 0 Å². The monoisotopic (exact) mass is 282 g/mol. The van der Waals surface area contributed by atoms with Gasteiger partial charge in [-0.25, -0.2) is 0 Å². The van der Waals surface area contributed by atoms with Crippen LogP contribution in [0.2, 0.25) is 0 Å². The molecule has 0 spiro atoms. The first-order valence-corrected chi connectivity index (χ1v) is 9.06. The van der Waals surface area contributed by atoms with Crippen LogP contribution in [0.15, 0.2) is 0 Å². The van der Waals surface area contributed by atoms with E-state index in [2.05, 4.69) is 44.8 Å². The van der Waals surface area contributed by atoms with Gasteiger partial charge in [0.25, 0.3) is 0 Å². The van der Waals surface area contributed by atoms with Crippen LogP contribution in [-0.4, -0.2) is 36.1 Å². The molecule has 1 unspecified atom stereocenters. The number of nitrogens with zero attached hydrogens (tertiary/aromatic N) is 1. The molecule has 0 amide bonds. The van der Waals surface area contributed by atoms with E-state index in [4.69, 9.17) is 0 Å². The van der Waals surface area contributed by atoms with Crippen molar-refractivity contribution < 1.29 is 0 Å². The summed E-state index contributed by atoms with van der Waals surface area (Å²) in [5, 5.41) is 3.88. The van der Waals surface area contributed by atoms with Crippen molar-refractivity contribution in [2.24, 2.45) is 5.92 Å². The molecule has 120 valence electrons. The Bertz CT molecular complexity index is 246. The summed E-state index contributed by atoms with van der Waals surface area (Å²) in [4.78, 5) is 2.80. The number of unbranched alkanes of at least 4 members (excludes halogenated alkanes) is 3. The first-order valence-electron chi connectivity index (χ1n) is 9.06. The average Bonchev–Trinajstić information content (AvgIpc) is 2.45. The molecule has 1 fully saturated rings. The van der Waals surface area contributed by atoms with E-state index in [9.17, 15) is 0 Å². The van der Waals surface area contributed by atoms with E-state index in [1.54, 1.807) is 0 Å². The van der Waals surface area contributed by atoms with Gasteiger partial charge in [0.05, 0.1) is 0 Å². The Hall–Kier alpha value is -0.0800. The summed E-state index contributed by atoms with van der Waals surface area (Å²) in [5.41, 5.74) is 0.373. The molecule has 0 aliphatic carbocycles. The van der Waals surface area contributed by atoms with Crippen LogP contribution in [0.3, 0.4) is 0 Å². The summed E-state index contributed by atoms with van der Waals surface area (Å²) in [6, 6.07) is 0.753. The van der Waals surface area contributed by atoms with Crippen molar-refractivity contribution in [3.63, 3.8) is 0 Å². The van der Waals surface area contributed by atoms with Gasteiger partial charge in [-0.05, 0) is 38.1 Å². The van der Waals surface area contributed by atoms with Crippen LogP contribution in [0.1, 0.15) is 79.6 Å². The lowest BCUT2D eigenvalue weighted by Gasteiger charge is -2.48. The van der Waals surface area contributed by atoms with Crippen LogP contribution in [-0.2, 0) is 0 Å². The number of rotatable bonds is 9. The van der Waals surface area contributed by atoms with Gasteiger partial charge in [0.2, 0.25) is 0 Å². The SMILES string of the molecule is CCCCCCN1CC(CC)(CC)NCC1CC(C)C. The molecule has 2 heteroatoms. The molecule has 1 aliphatic heterocycles. The second kappa shape index (κ2) is 9.04. The third kappa shape index (κ3) is 5.37. The first kappa shape index (κ1) is 18.0. The van der Waals surface area contributed by atoms with E-state index >= 15 is 0 Å². The topological polar surface area (TPSA) is 15.3 Å². The minimum absolute atomic E-state index is 0.373. The predicted octanol–water partition coefficient (Wildman–Crippen LogP) is 4.45. The molecule has 1 aliphatic rings. The number of nitrogens with one attached hydrogen (secondary N) is 1. The highest BCUT2D eigenvalue weighted by Crippen LogP contribution is 2.25. The summed E-state index contributed by atoms with van der Waals surface area (Å²) in [6.45, 7) is 15.4. The van der Waals surface area contributed by atoms with Crippen molar-refractivity contribution in [3.8, 4) is 0 Å². The Labute approximate surface area is 127 Å². The molecule has 0 saturated carbocycles. The first-order chi connectivity index (χ1) is 9.56. The van der Waals surface area contributed by atoms with Gasteiger partial charge in [-0.1, -0.05) is 53.9 Å². The molecule has 20 heavy (non-hydrogen) atoms. The maximum absolute atomic E-state index is 3.88. The van der Waals surface area contributed by atoms with E-state index < -0.39 is 0 Å². The number of hydrogen-bond donors (Lipinski definition) is 1. The average molecular weight is 283 g/mol. The molecule has 1 atom stereocenters. The zero-order valence-electron chi connectivity index (χ0n) is 14.7. The smallest absolute Gasteiger partial charge is 0.0304 e. The third-order valence-electron chi connectivity index (χ3n) is 5.13. The molecule has 0 radical (unpaired) electrons. The fourth-order valence-electron chi connectivity index (χ4n) is 3.54. The van der Waals surface area contributed by atoms with Gasteiger partial charge in [0, 0.05) is 24.7 Å². The van der Waals surface area contributed by atoms with E-state index in [1.807, 2.05) is 0 Å². The van der Waals surface area contributed by atoms with E-state index in [0.29, 0.717) is 5.54 Å². The van der Waals surface area contributed by atoms with Gasteiger partial charge in [-0.3, -0.25) is 4.90 Å². The summed E-state index contributed by atoms with van der Waals surface area (Å²) < 4.78 is 0. The highest BCUT2D eigenvalue weighted by atomic mass is 15.2. The van der Waals surface area contributed by atoms with Crippen LogP contribution in [0.4, 0.5) is 0 Å². The minimum atomic E-state index is 0.373. The molecule has 0 bridgehead atoms. The zero-order valence-corrected chi connectivity index (χ0v) is 14.7. The lowest BCUT2D eigenvalue weighted by molar-refractivity contribution is 0.0608. The van der Waals surface area contributed by atoms with Gasteiger partial charge in [0.1, 0.15) is 0 Å². The van der Waals surface area contributed by atoms with Gasteiger partial charge < -0.3 is 5.32 Å². The summed E-state index contributed by atoms with van der Waals surface area (Å²) in [7, 11) is 0. The molecular weight excluding hydrogens is 244 g/mol. The van der Waals surface area contributed by atoms with Crippen LogP contribution in [0.5, 0.6) is 0 Å². The maximum atomic E-state index is 3.88. The number of piperazine rings is 1. The van der Waals surface area contributed by atoms with Crippen LogP contribution >= 0.6 is 0 Å². The van der Waals surface area contributed by atoms with Crippen LogP contribution < -0.4 is 5.32 Å². The molecule has 2 nitrogen and oxygen atoms in total. The van der Waals surface area contributed by atoms with Gasteiger partial charge in [-0.15, -0.1) is 0 Å². The Morgan fingerprint density at radius 2 is 1.80 bits per heavy atom. The molecule has 1 saturated heterocycles. The van der Waals surface area contributed by atoms with Crippen molar-refractivity contribution in [3.05, 3.63) is 0 Å². The van der Waals surface area contributed by atoms with Crippen molar-refractivity contribution in [2.45, 2.75) is 91.1 Å². The second-order valence-corrected chi connectivity index (χ2v) is 7.18. The summed E-state index contributed by atoms with van der Waals surface area (Å²) in [6.07, 6.45) is 9.36. The summed E-state index contributed by atoms with van der Waals surface area (Å²) >= 11 is 0. The van der Waals surface area contributed by atoms with Gasteiger partial charge >= 0.3 is 0 Å². The van der Waals surface area contributed by atoms with E-state index in [1.165, 1.54) is 64.6 Å². The van der Waals surface area contributed by atoms with Crippen molar-refractivity contribution in [1.82, 2.24) is 10.2 Å². The molecule has 1 rings (SSSR count). The Kier molecular flexibility index (Phi) is 8.13. The molecule has 1 heterocycles. The molecular formula is C18H38N2. The maximum Gasteiger partial charge on any atom is 0.0304 e. The Morgan fingerprint density at radius 3 is 2.35 bits per heavy atom. The van der Waals surface area contributed by atoms with Crippen molar-refractivity contribution in [2.75, 3.05) is 19.6 Å². The third-order valence-corrected chi connectivity index (χ3v) is 5.13. The summed E-state index contributed by atoms with van der Waals surface area (Å²) in [5.74, 6) is 0.802. The fraction of sp³-hybridized carbons (Fsp3) is 1.00. The van der Waals surface area contributed by atoms with Crippen LogP contribution in [0.25, 0.3) is 0 Å². The number of hydrogen-bond acceptors (Lipinski definition) is 2. The standard InChI is InChI=1S/C18H38N2/c1-6-9-10-11-12-20-15-18(7-2,8-3)19-14-17(20)13-16(4)5/h16-17,19H,6-15H2,1-5H3. The fourth-order valence-corrected chi connectivity index (χ4v) is 3.54. The van der Waals surface area contributed by atoms with E-state index in [0.717, 1.165) is 12.0 Å². The Morgan fingerprint density at radius 1 is 1.10 bits per heavy atom. The lowest BCUT2D eigenvalue weighted by atomic mass is 9.86. The molecule has 0 aromatic rings. The van der Waals surface area contributed by atoms with Gasteiger partial charge in [0.15, 0.2) is 0 Å². The highest BCUT2D eigenvalue weighted by molar-refractivity contribution is 4.96. The second-order valence-electron chi connectivity index (χ2n) is 7.18. The highest BCUT2D eigenvalue weighted by Gasteiger charge is 2.36. The lowest BCUT2D eigenvalue weighted by Crippen LogP contribution is -2.64. The zero-order chi connectivity index (χ0) is 15.0. The molecule has 1 N–H and O–H groups in total. The molecule has 0 aromatic heterocycles. The predicted molar refractivity (Wildman–Crippen MR) is 90.3 cm³/mol. The minimum Gasteiger partial charge on any atom is -0.308 e. The normalized spacial score (nSPS) is 23.4. The quantitative estimate of drug-likeness (QED) is 0.629. The Balaban J connectivity index is 2.57.